The first-order valence-electron chi connectivity index (χ1n) is 6.84. The molecule has 2 rings (SSSR count). The molecule has 0 spiro atoms. The summed E-state index contributed by atoms with van der Waals surface area (Å²) in [5.74, 6) is 1.06. The third-order valence-electron chi connectivity index (χ3n) is 4.11. The Morgan fingerprint density at radius 1 is 1.47 bits per heavy atom. The fourth-order valence-electron chi connectivity index (χ4n) is 2.77. The third-order valence-corrected chi connectivity index (χ3v) is 4.11. The van der Waals surface area contributed by atoms with E-state index in [2.05, 4.69) is 12.2 Å². The van der Waals surface area contributed by atoms with Crippen LogP contribution in [0.3, 0.4) is 0 Å². The van der Waals surface area contributed by atoms with Gasteiger partial charge in [-0.3, -0.25) is 0 Å². The molecule has 1 aromatic rings. The van der Waals surface area contributed by atoms with E-state index >= 15 is 0 Å². The van der Waals surface area contributed by atoms with E-state index in [4.69, 9.17) is 10.5 Å². The van der Waals surface area contributed by atoms with Gasteiger partial charge in [-0.1, -0.05) is 25.8 Å². The Hall–Kier alpha value is -1.71. The average molecular weight is 262 g/mol. The van der Waals surface area contributed by atoms with E-state index in [9.17, 15) is 4.79 Å². The van der Waals surface area contributed by atoms with Crippen molar-refractivity contribution in [2.24, 2.45) is 11.8 Å². The van der Waals surface area contributed by atoms with Crippen LogP contribution >= 0.6 is 0 Å². The van der Waals surface area contributed by atoms with Crippen molar-refractivity contribution in [1.29, 1.82) is 0 Å². The molecule has 1 aliphatic carbocycles. The Kier molecular flexibility index (Phi) is 4.30. The molecule has 1 aliphatic rings. The summed E-state index contributed by atoms with van der Waals surface area (Å²) in [6.07, 6.45) is 3.89. The van der Waals surface area contributed by atoms with Crippen molar-refractivity contribution in [2.45, 2.75) is 26.2 Å². The summed E-state index contributed by atoms with van der Waals surface area (Å²) in [6.45, 7) is 3.21. The highest BCUT2D eigenvalue weighted by Gasteiger charge is 2.23. The first kappa shape index (κ1) is 13.7. The van der Waals surface area contributed by atoms with Gasteiger partial charge in [0.25, 0.3) is 0 Å². The minimum Gasteiger partial charge on any atom is -0.465 e. The van der Waals surface area contributed by atoms with E-state index in [1.54, 1.807) is 6.07 Å². The number of rotatable bonds is 4. The van der Waals surface area contributed by atoms with Crippen molar-refractivity contribution in [3.63, 3.8) is 0 Å². The van der Waals surface area contributed by atoms with Gasteiger partial charge in [0.2, 0.25) is 0 Å². The van der Waals surface area contributed by atoms with Crippen molar-refractivity contribution in [2.75, 3.05) is 24.7 Å². The van der Waals surface area contributed by atoms with E-state index in [-0.39, 0.29) is 0 Å². The molecule has 104 valence electrons. The largest absolute Gasteiger partial charge is 0.465 e. The molecule has 2 atom stereocenters. The molecular weight excluding hydrogens is 240 g/mol. The van der Waals surface area contributed by atoms with Crippen molar-refractivity contribution in [1.82, 2.24) is 0 Å². The van der Waals surface area contributed by atoms with Crippen LogP contribution in [-0.4, -0.2) is 19.6 Å². The fourth-order valence-corrected chi connectivity index (χ4v) is 2.77. The number of benzene rings is 1. The third kappa shape index (κ3) is 3.00. The van der Waals surface area contributed by atoms with Crippen molar-refractivity contribution in [3.8, 4) is 0 Å². The van der Waals surface area contributed by atoms with Crippen LogP contribution in [-0.2, 0) is 4.74 Å². The average Bonchev–Trinajstić information content (AvgIpc) is 2.82. The van der Waals surface area contributed by atoms with E-state index in [1.165, 1.54) is 26.4 Å². The monoisotopic (exact) mass is 262 g/mol. The lowest BCUT2D eigenvalue weighted by molar-refractivity contribution is 0.0602. The van der Waals surface area contributed by atoms with Crippen LogP contribution < -0.4 is 11.1 Å². The molecule has 1 fully saturated rings. The lowest BCUT2D eigenvalue weighted by Gasteiger charge is -2.18. The van der Waals surface area contributed by atoms with Gasteiger partial charge in [0.15, 0.2) is 0 Å². The second kappa shape index (κ2) is 5.95. The van der Waals surface area contributed by atoms with Crippen LogP contribution in [0.1, 0.15) is 36.5 Å². The number of nitrogen functional groups attached to an aromatic ring is 1. The standard InChI is InChI=1S/C15H22N2O2/c1-10-5-3-6-11(10)9-17-13-8-4-7-12(14(13)16)15(18)19-2/h4,7-8,10-11,17H,3,5-6,9,16H2,1-2H3. The maximum atomic E-state index is 11.6. The normalized spacial score (nSPS) is 22.2. The minimum atomic E-state index is -0.393. The quantitative estimate of drug-likeness (QED) is 0.647. The topological polar surface area (TPSA) is 64.3 Å². The van der Waals surface area contributed by atoms with Crippen LogP contribution in [0, 0.1) is 11.8 Å². The van der Waals surface area contributed by atoms with Gasteiger partial charge in [-0.15, -0.1) is 0 Å². The van der Waals surface area contributed by atoms with Crippen molar-refractivity contribution < 1.29 is 9.53 Å². The van der Waals surface area contributed by atoms with Gasteiger partial charge in [-0.25, -0.2) is 4.79 Å². The molecular formula is C15H22N2O2. The van der Waals surface area contributed by atoms with Crippen LogP contribution in [0.25, 0.3) is 0 Å². The SMILES string of the molecule is COC(=O)c1cccc(NCC2CCCC2C)c1N. The van der Waals surface area contributed by atoms with Gasteiger partial charge < -0.3 is 15.8 Å². The first-order valence-corrected chi connectivity index (χ1v) is 6.84. The lowest BCUT2D eigenvalue weighted by Crippen LogP contribution is -2.18. The number of hydrogen-bond donors (Lipinski definition) is 2. The Morgan fingerprint density at radius 2 is 2.26 bits per heavy atom. The van der Waals surface area contributed by atoms with E-state index in [1.807, 2.05) is 12.1 Å². The number of esters is 1. The smallest absolute Gasteiger partial charge is 0.340 e. The number of ether oxygens (including phenoxy) is 1. The molecule has 0 radical (unpaired) electrons. The van der Waals surface area contributed by atoms with Gasteiger partial charge in [-0.2, -0.15) is 0 Å². The van der Waals surface area contributed by atoms with Gasteiger partial charge in [0, 0.05) is 6.54 Å². The number of nitrogens with two attached hydrogens (primary N) is 1. The van der Waals surface area contributed by atoms with E-state index < -0.39 is 5.97 Å². The molecule has 4 nitrogen and oxygen atoms in total. The van der Waals surface area contributed by atoms with Gasteiger partial charge >= 0.3 is 5.97 Å². The summed E-state index contributed by atoms with van der Waals surface area (Å²) < 4.78 is 4.72. The number of hydrogen-bond acceptors (Lipinski definition) is 4. The van der Waals surface area contributed by atoms with Gasteiger partial charge in [0.1, 0.15) is 0 Å². The zero-order chi connectivity index (χ0) is 13.8. The molecule has 0 heterocycles. The number of methoxy groups -OCH3 is 1. The maximum Gasteiger partial charge on any atom is 0.340 e. The molecule has 4 heteroatoms. The molecule has 1 saturated carbocycles. The molecule has 0 bridgehead atoms. The molecule has 0 amide bonds. The summed E-state index contributed by atoms with van der Waals surface area (Å²) in [6, 6.07) is 5.41. The van der Waals surface area contributed by atoms with Crippen molar-refractivity contribution >= 4 is 17.3 Å². The highest BCUT2D eigenvalue weighted by Crippen LogP contribution is 2.32. The Bertz CT molecular complexity index is 459. The summed E-state index contributed by atoms with van der Waals surface area (Å²) in [5.41, 5.74) is 7.73. The summed E-state index contributed by atoms with van der Waals surface area (Å²) in [5, 5.41) is 3.37. The number of para-hydroxylation sites is 1. The molecule has 1 aromatic carbocycles. The summed E-state index contributed by atoms with van der Waals surface area (Å²) >= 11 is 0. The predicted octanol–water partition coefficient (Wildman–Crippen LogP) is 2.90. The summed E-state index contributed by atoms with van der Waals surface area (Å²) in [4.78, 5) is 11.6. The lowest BCUT2D eigenvalue weighted by atomic mass is 9.98. The second-order valence-corrected chi connectivity index (χ2v) is 5.31. The first-order chi connectivity index (χ1) is 9.13. The van der Waals surface area contributed by atoms with E-state index in [0.717, 1.165) is 18.2 Å². The van der Waals surface area contributed by atoms with Crippen molar-refractivity contribution in [3.05, 3.63) is 23.8 Å². The zero-order valence-electron chi connectivity index (χ0n) is 11.6. The maximum absolute atomic E-state index is 11.6. The molecule has 2 unspecified atom stereocenters. The highest BCUT2D eigenvalue weighted by molar-refractivity contribution is 5.98. The molecule has 3 N–H and O–H groups in total. The van der Waals surface area contributed by atoms with Crippen LogP contribution in [0.2, 0.25) is 0 Å². The van der Waals surface area contributed by atoms with Gasteiger partial charge in [-0.05, 0) is 30.4 Å². The zero-order valence-corrected chi connectivity index (χ0v) is 11.6. The predicted molar refractivity (Wildman–Crippen MR) is 77.2 cm³/mol. The number of anilines is 2. The Balaban J connectivity index is 2.06. The second-order valence-electron chi connectivity index (χ2n) is 5.31. The fraction of sp³-hybridized carbons (Fsp3) is 0.533. The molecule has 0 saturated heterocycles. The number of nitrogens with one attached hydrogen (secondary N) is 1. The molecule has 0 aromatic heterocycles. The minimum absolute atomic E-state index is 0.393. The van der Waals surface area contributed by atoms with Crippen LogP contribution in [0.15, 0.2) is 18.2 Å². The molecule has 19 heavy (non-hydrogen) atoms. The Labute approximate surface area is 114 Å². The highest BCUT2D eigenvalue weighted by atomic mass is 16.5. The number of carbonyl (C=O) groups is 1. The summed E-state index contributed by atoms with van der Waals surface area (Å²) in [7, 11) is 1.36. The Morgan fingerprint density at radius 3 is 2.89 bits per heavy atom. The van der Waals surface area contributed by atoms with Crippen LogP contribution in [0.4, 0.5) is 11.4 Å². The van der Waals surface area contributed by atoms with E-state index in [0.29, 0.717) is 17.2 Å². The molecule has 0 aliphatic heterocycles. The van der Waals surface area contributed by atoms with Crippen LogP contribution in [0.5, 0.6) is 0 Å². The van der Waals surface area contributed by atoms with Gasteiger partial charge in [0.05, 0.1) is 24.0 Å². The number of carbonyl (C=O) groups excluding carboxylic acids is 1.